The molecule has 3 rings (SSSR count). The molecule has 2 atom stereocenters. The van der Waals surface area contributed by atoms with Gasteiger partial charge in [0.15, 0.2) is 0 Å². The Bertz CT molecular complexity index is 513. The molecule has 2 aliphatic heterocycles. The number of fused-ring (bicyclic) bond motifs is 1. The van der Waals surface area contributed by atoms with E-state index >= 15 is 0 Å². The molecule has 20 heavy (non-hydrogen) atoms. The van der Waals surface area contributed by atoms with E-state index in [1.54, 1.807) is 29.9 Å². The highest BCUT2D eigenvalue weighted by Crippen LogP contribution is 2.25. The smallest absolute Gasteiger partial charge is 0.274 e. The summed E-state index contributed by atoms with van der Waals surface area (Å²) in [7, 11) is 1.79. The monoisotopic (exact) mass is 276 g/mol. The first kappa shape index (κ1) is 13.3. The van der Waals surface area contributed by atoms with Gasteiger partial charge in [0, 0.05) is 26.3 Å². The van der Waals surface area contributed by atoms with Crippen LogP contribution in [0.5, 0.6) is 0 Å². The van der Waals surface area contributed by atoms with Gasteiger partial charge in [-0.25, -0.2) is 0 Å². The van der Waals surface area contributed by atoms with Crippen LogP contribution in [0.25, 0.3) is 0 Å². The van der Waals surface area contributed by atoms with E-state index in [9.17, 15) is 9.59 Å². The number of hydrogen-bond donors (Lipinski definition) is 2. The van der Waals surface area contributed by atoms with E-state index in [1.165, 1.54) is 0 Å². The number of nitrogens with zero attached hydrogens (tertiary/aromatic N) is 2. The fourth-order valence-corrected chi connectivity index (χ4v) is 3.21. The summed E-state index contributed by atoms with van der Waals surface area (Å²) in [6.45, 7) is 4.30. The lowest BCUT2D eigenvalue weighted by Crippen LogP contribution is -2.40. The van der Waals surface area contributed by atoms with E-state index in [1.807, 2.05) is 0 Å². The molecule has 6 heteroatoms. The minimum Gasteiger partial charge on any atom is -0.347 e. The number of rotatable bonds is 3. The van der Waals surface area contributed by atoms with Crippen molar-refractivity contribution in [1.29, 1.82) is 0 Å². The third-order valence-corrected chi connectivity index (χ3v) is 4.26. The van der Waals surface area contributed by atoms with Crippen LogP contribution in [-0.4, -0.2) is 54.0 Å². The van der Waals surface area contributed by atoms with E-state index in [0.29, 0.717) is 24.1 Å². The number of likely N-dealkylation sites (tertiary alicyclic amines) is 1. The van der Waals surface area contributed by atoms with Crippen molar-refractivity contribution in [1.82, 2.24) is 20.1 Å². The number of aryl methyl sites for hydroxylation is 1. The standard InChI is InChI=1S/C14H20N4O2/c1-17-4-2-3-12(17)14(20)16-13(19)9-18-7-10-5-15-6-11(10)8-18/h2-4,10-11,15H,5-9H2,1H3,(H,16,19,20). The second-order valence-corrected chi connectivity index (χ2v) is 5.75. The molecule has 2 aliphatic rings. The van der Waals surface area contributed by atoms with Gasteiger partial charge in [0.2, 0.25) is 5.91 Å². The summed E-state index contributed by atoms with van der Waals surface area (Å²) >= 11 is 0. The first-order valence-corrected chi connectivity index (χ1v) is 7.02. The summed E-state index contributed by atoms with van der Waals surface area (Å²) in [6, 6.07) is 3.49. The Hall–Kier alpha value is -1.66. The number of carbonyl (C=O) groups excluding carboxylic acids is 2. The maximum Gasteiger partial charge on any atom is 0.274 e. The molecule has 3 heterocycles. The number of carbonyl (C=O) groups is 2. The second-order valence-electron chi connectivity index (χ2n) is 5.75. The van der Waals surface area contributed by atoms with Crippen molar-refractivity contribution in [2.45, 2.75) is 0 Å². The summed E-state index contributed by atoms with van der Waals surface area (Å²) in [5.41, 5.74) is 0.501. The molecule has 2 fully saturated rings. The van der Waals surface area contributed by atoms with E-state index in [0.717, 1.165) is 26.2 Å². The minimum atomic E-state index is -0.330. The zero-order chi connectivity index (χ0) is 14.1. The second kappa shape index (κ2) is 5.38. The van der Waals surface area contributed by atoms with Crippen molar-refractivity contribution in [2.24, 2.45) is 18.9 Å². The fourth-order valence-electron chi connectivity index (χ4n) is 3.21. The van der Waals surface area contributed by atoms with Crippen LogP contribution >= 0.6 is 0 Å². The minimum absolute atomic E-state index is 0.218. The van der Waals surface area contributed by atoms with Crippen LogP contribution < -0.4 is 10.6 Å². The summed E-state index contributed by atoms with van der Waals surface area (Å²) in [5.74, 6) is 0.769. The van der Waals surface area contributed by atoms with Gasteiger partial charge in [-0.1, -0.05) is 0 Å². The molecule has 0 bridgehead atoms. The summed E-state index contributed by atoms with van der Waals surface area (Å²) in [6.07, 6.45) is 1.79. The van der Waals surface area contributed by atoms with E-state index in [4.69, 9.17) is 0 Å². The van der Waals surface area contributed by atoms with Gasteiger partial charge in [-0.15, -0.1) is 0 Å². The lowest BCUT2D eigenvalue weighted by molar-refractivity contribution is -0.121. The molecule has 2 N–H and O–H groups in total. The maximum absolute atomic E-state index is 11.9. The van der Waals surface area contributed by atoms with Crippen LogP contribution in [0.15, 0.2) is 18.3 Å². The van der Waals surface area contributed by atoms with Gasteiger partial charge in [-0.2, -0.15) is 0 Å². The summed E-state index contributed by atoms with van der Waals surface area (Å²) in [5, 5.41) is 5.83. The van der Waals surface area contributed by atoms with Crippen LogP contribution in [0, 0.1) is 11.8 Å². The molecule has 2 saturated heterocycles. The normalized spacial score (nSPS) is 25.6. The van der Waals surface area contributed by atoms with Crippen molar-refractivity contribution in [3.8, 4) is 0 Å². The Kier molecular flexibility index (Phi) is 3.58. The molecule has 1 aromatic heterocycles. The molecule has 6 nitrogen and oxygen atoms in total. The number of hydrogen-bond acceptors (Lipinski definition) is 4. The Morgan fingerprint density at radius 2 is 2.05 bits per heavy atom. The third-order valence-electron chi connectivity index (χ3n) is 4.26. The number of amides is 2. The van der Waals surface area contributed by atoms with Crippen molar-refractivity contribution in [3.05, 3.63) is 24.0 Å². The Labute approximate surface area is 118 Å². The Balaban J connectivity index is 1.51. The van der Waals surface area contributed by atoms with Gasteiger partial charge >= 0.3 is 0 Å². The number of nitrogens with one attached hydrogen (secondary N) is 2. The molecule has 0 spiro atoms. The highest BCUT2D eigenvalue weighted by Gasteiger charge is 2.36. The zero-order valence-electron chi connectivity index (χ0n) is 11.6. The molecule has 0 radical (unpaired) electrons. The van der Waals surface area contributed by atoms with Gasteiger partial charge in [0.05, 0.1) is 6.54 Å². The van der Waals surface area contributed by atoms with Crippen molar-refractivity contribution < 1.29 is 9.59 Å². The number of imide groups is 1. The first-order valence-electron chi connectivity index (χ1n) is 7.02. The van der Waals surface area contributed by atoms with Crippen LogP contribution in [-0.2, 0) is 11.8 Å². The van der Waals surface area contributed by atoms with Crippen LogP contribution in [0.4, 0.5) is 0 Å². The third kappa shape index (κ3) is 2.62. The highest BCUT2D eigenvalue weighted by molar-refractivity contribution is 6.04. The quantitative estimate of drug-likeness (QED) is 0.776. The maximum atomic E-state index is 11.9. The molecule has 0 aromatic carbocycles. The summed E-state index contributed by atoms with van der Waals surface area (Å²) in [4.78, 5) is 26.0. The SMILES string of the molecule is Cn1cccc1C(=O)NC(=O)CN1CC2CNCC2C1. The average molecular weight is 276 g/mol. The van der Waals surface area contributed by atoms with Crippen molar-refractivity contribution in [3.63, 3.8) is 0 Å². The highest BCUT2D eigenvalue weighted by atomic mass is 16.2. The molecule has 108 valence electrons. The molecular formula is C14H20N4O2. The topological polar surface area (TPSA) is 66.4 Å². The van der Waals surface area contributed by atoms with Crippen LogP contribution in [0.2, 0.25) is 0 Å². The fraction of sp³-hybridized carbons (Fsp3) is 0.571. The summed E-state index contributed by atoms with van der Waals surface area (Å²) < 4.78 is 1.70. The van der Waals surface area contributed by atoms with Gasteiger partial charge in [0.25, 0.3) is 5.91 Å². The Morgan fingerprint density at radius 3 is 2.65 bits per heavy atom. The van der Waals surface area contributed by atoms with Gasteiger partial charge < -0.3 is 9.88 Å². The van der Waals surface area contributed by atoms with Crippen LogP contribution in [0.3, 0.4) is 0 Å². The predicted molar refractivity (Wildman–Crippen MR) is 74.2 cm³/mol. The Morgan fingerprint density at radius 1 is 1.35 bits per heavy atom. The van der Waals surface area contributed by atoms with Crippen LogP contribution in [0.1, 0.15) is 10.5 Å². The lowest BCUT2D eigenvalue weighted by atomic mass is 10.0. The molecule has 0 saturated carbocycles. The van der Waals surface area contributed by atoms with Gasteiger partial charge in [0.1, 0.15) is 5.69 Å². The largest absolute Gasteiger partial charge is 0.347 e. The number of aromatic nitrogens is 1. The zero-order valence-corrected chi connectivity index (χ0v) is 11.6. The molecule has 0 aliphatic carbocycles. The van der Waals surface area contributed by atoms with E-state index in [-0.39, 0.29) is 11.8 Å². The van der Waals surface area contributed by atoms with Gasteiger partial charge in [-0.05, 0) is 37.1 Å². The molecular weight excluding hydrogens is 256 g/mol. The van der Waals surface area contributed by atoms with Crippen molar-refractivity contribution in [2.75, 3.05) is 32.7 Å². The van der Waals surface area contributed by atoms with Gasteiger partial charge in [-0.3, -0.25) is 19.8 Å². The van der Waals surface area contributed by atoms with E-state index in [2.05, 4.69) is 15.5 Å². The van der Waals surface area contributed by atoms with E-state index < -0.39 is 0 Å². The predicted octanol–water partition coefficient (Wildman–Crippen LogP) is -0.567. The molecule has 2 amide bonds. The average Bonchev–Trinajstić information content (AvgIpc) is 3.03. The molecule has 1 aromatic rings. The molecule has 2 unspecified atom stereocenters. The lowest BCUT2D eigenvalue weighted by Gasteiger charge is -2.16. The first-order chi connectivity index (χ1) is 9.63. The van der Waals surface area contributed by atoms with Crippen molar-refractivity contribution >= 4 is 11.8 Å².